The molecule has 3 N–H and O–H groups in total. The summed E-state index contributed by atoms with van der Waals surface area (Å²) in [6.45, 7) is 5.98. The van der Waals surface area contributed by atoms with Crippen LogP contribution in [0.2, 0.25) is 0 Å². The van der Waals surface area contributed by atoms with Crippen molar-refractivity contribution < 1.29 is 14.3 Å². The zero-order valence-corrected chi connectivity index (χ0v) is 14.5. The second kappa shape index (κ2) is 6.09. The van der Waals surface area contributed by atoms with Crippen LogP contribution in [0.1, 0.15) is 50.8 Å². The third kappa shape index (κ3) is 3.38. The molecular weight excluding hydrogens is 306 g/mol. The number of carbonyl (C=O) groups is 2. The highest BCUT2D eigenvalue weighted by atomic mass is 16.6. The maximum atomic E-state index is 12.6. The summed E-state index contributed by atoms with van der Waals surface area (Å²) in [5, 5.41) is 2.67. The molecule has 3 rings (SSSR count). The van der Waals surface area contributed by atoms with Gasteiger partial charge in [0, 0.05) is 18.3 Å². The number of hydrogen-bond acceptors (Lipinski definition) is 4. The van der Waals surface area contributed by atoms with Crippen LogP contribution in [0.15, 0.2) is 18.2 Å². The van der Waals surface area contributed by atoms with Crippen molar-refractivity contribution in [2.75, 3.05) is 11.4 Å². The summed E-state index contributed by atoms with van der Waals surface area (Å²) in [7, 11) is 0. The van der Waals surface area contributed by atoms with Crippen LogP contribution in [0.4, 0.5) is 10.5 Å². The average molecular weight is 331 g/mol. The number of nitrogens with zero attached hydrogens (tertiary/aromatic N) is 1. The maximum Gasteiger partial charge on any atom is 0.408 e. The van der Waals surface area contributed by atoms with Gasteiger partial charge in [-0.3, -0.25) is 4.79 Å². The summed E-state index contributed by atoms with van der Waals surface area (Å²) in [6.07, 6.45) is 1.93. The maximum absolute atomic E-state index is 12.6. The predicted octanol–water partition coefficient (Wildman–Crippen LogP) is 2.26. The monoisotopic (exact) mass is 331 g/mol. The summed E-state index contributed by atoms with van der Waals surface area (Å²) in [4.78, 5) is 26.2. The molecule has 1 aromatic rings. The van der Waals surface area contributed by atoms with Gasteiger partial charge >= 0.3 is 6.09 Å². The fourth-order valence-corrected chi connectivity index (χ4v) is 3.32. The zero-order chi connectivity index (χ0) is 17.5. The van der Waals surface area contributed by atoms with E-state index in [2.05, 4.69) is 11.4 Å². The molecule has 6 heteroatoms. The molecule has 6 nitrogen and oxygen atoms in total. The van der Waals surface area contributed by atoms with Crippen molar-refractivity contribution in [3.63, 3.8) is 0 Å². The van der Waals surface area contributed by atoms with Crippen molar-refractivity contribution in [1.29, 1.82) is 0 Å². The Labute approximate surface area is 142 Å². The van der Waals surface area contributed by atoms with E-state index in [1.165, 1.54) is 11.1 Å². The van der Waals surface area contributed by atoms with Crippen LogP contribution in [0.3, 0.4) is 0 Å². The average Bonchev–Trinajstić information content (AvgIpc) is 3.01. The van der Waals surface area contributed by atoms with E-state index in [1.54, 1.807) is 25.7 Å². The number of amides is 2. The highest BCUT2D eigenvalue weighted by Crippen LogP contribution is 2.33. The second-order valence-corrected chi connectivity index (χ2v) is 7.51. The Kier molecular flexibility index (Phi) is 4.25. The van der Waals surface area contributed by atoms with Crippen LogP contribution in [-0.2, 0) is 16.0 Å². The number of aryl methyl sites for hydroxylation is 1. The molecule has 24 heavy (non-hydrogen) atoms. The molecule has 1 fully saturated rings. The molecule has 130 valence electrons. The van der Waals surface area contributed by atoms with Crippen LogP contribution in [0, 0.1) is 0 Å². The molecule has 1 saturated heterocycles. The van der Waals surface area contributed by atoms with Gasteiger partial charge in [-0.15, -0.1) is 0 Å². The molecule has 2 amide bonds. The molecule has 0 spiro atoms. The number of carbonyl (C=O) groups excluding carboxylic acids is 2. The molecular formula is C18H25N3O3. The number of rotatable bonds is 2. The van der Waals surface area contributed by atoms with Crippen molar-refractivity contribution in [2.45, 2.75) is 57.7 Å². The lowest BCUT2D eigenvalue weighted by Crippen LogP contribution is -2.43. The number of nitrogens with one attached hydrogen (secondary N) is 1. The van der Waals surface area contributed by atoms with Gasteiger partial charge in [0.1, 0.15) is 11.6 Å². The van der Waals surface area contributed by atoms with Crippen molar-refractivity contribution in [1.82, 2.24) is 5.32 Å². The minimum Gasteiger partial charge on any atom is -0.444 e. The van der Waals surface area contributed by atoms with Gasteiger partial charge in [0.15, 0.2) is 0 Å². The Morgan fingerprint density at radius 3 is 2.79 bits per heavy atom. The fraction of sp³-hybridized carbons (Fsp3) is 0.556. The second-order valence-electron chi connectivity index (χ2n) is 7.51. The van der Waals surface area contributed by atoms with E-state index in [0.29, 0.717) is 13.0 Å². The first kappa shape index (κ1) is 16.8. The highest BCUT2D eigenvalue weighted by molar-refractivity contribution is 6.01. The first-order chi connectivity index (χ1) is 11.2. The molecule has 0 aromatic heterocycles. The third-order valence-electron chi connectivity index (χ3n) is 4.46. The number of hydrogen-bond donors (Lipinski definition) is 2. The third-order valence-corrected chi connectivity index (χ3v) is 4.46. The van der Waals surface area contributed by atoms with Gasteiger partial charge in [-0.2, -0.15) is 0 Å². The quantitative estimate of drug-likeness (QED) is 0.870. The SMILES string of the molecule is CC(C)(C)OC(=O)N[C@H]1CCN(c2ccc3c(c2)CCC3N)C1=O. The lowest BCUT2D eigenvalue weighted by atomic mass is 10.1. The fourth-order valence-electron chi connectivity index (χ4n) is 3.32. The summed E-state index contributed by atoms with van der Waals surface area (Å²) < 4.78 is 5.23. The van der Waals surface area contributed by atoms with E-state index in [1.807, 2.05) is 12.1 Å². The van der Waals surface area contributed by atoms with E-state index in [9.17, 15) is 9.59 Å². The van der Waals surface area contributed by atoms with Crippen molar-refractivity contribution in [3.05, 3.63) is 29.3 Å². The molecule has 0 saturated carbocycles. The van der Waals surface area contributed by atoms with Crippen LogP contribution in [-0.4, -0.2) is 30.2 Å². The van der Waals surface area contributed by atoms with Gasteiger partial charge in [0.05, 0.1) is 0 Å². The number of benzene rings is 1. The molecule has 2 atom stereocenters. The van der Waals surface area contributed by atoms with Gasteiger partial charge in [0.25, 0.3) is 0 Å². The van der Waals surface area contributed by atoms with Gasteiger partial charge in [-0.05, 0) is 63.3 Å². The van der Waals surface area contributed by atoms with E-state index < -0.39 is 17.7 Å². The molecule has 1 heterocycles. The number of nitrogens with two attached hydrogens (primary N) is 1. The molecule has 1 aliphatic heterocycles. The summed E-state index contributed by atoms with van der Waals surface area (Å²) in [5.41, 5.74) is 8.75. The standard InChI is InChI=1S/C18H25N3O3/c1-18(2,3)24-17(23)20-15-8-9-21(16(15)22)12-5-6-13-11(10-12)4-7-14(13)19/h5-6,10,14-15H,4,7-9,19H2,1-3H3,(H,20,23)/t14?,15-/m0/s1. The first-order valence-electron chi connectivity index (χ1n) is 8.44. The van der Waals surface area contributed by atoms with Crippen molar-refractivity contribution in [2.24, 2.45) is 5.73 Å². The number of fused-ring (bicyclic) bond motifs is 1. The predicted molar refractivity (Wildman–Crippen MR) is 91.8 cm³/mol. The lowest BCUT2D eigenvalue weighted by molar-refractivity contribution is -0.118. The Morgan fingerprint density at radius 2 is 2.08 bits per heavy atom. The van der Waals surface area contributed by atoms with Crippen LogP contribution < -0.4 is 16.0 Å². The van der Waals surface area contributed by atoms with Gasteiger partial charge in [-0.25, -0.2) is 4.79 Å². The molecule has 2 aliphatic rings. The normalized spacial score (nSPS) is 23.3. The van der Waals surface area contributed by atoms with Gasteiger partial charge in [0.2, 0.25) is 5.91 Å². The Hall–Kier alpha value is -2.08. The first-order valence-corrected chi connectivity index (χ1v) is 8.44. The summed E-state index contributed by atoms with van der Waals surface area (Å²) in [5.74, 6) is -0.0943. The molecule has 1 unspecified atom stereocenters. The van der Waals surface area contributed by atoms with Crippen LogP contribution in [0.5, 0.6) is 0 Å². The summed E-state index contributed by atoms with van der Waals surface area (Å²) >= 11 is 0. The zero-order valence-electron chi connectivity index (χ0n) is 14.5. The molecule has 0 bridgehead atoms. The molecule has 1 aromatic carbocycles. The van der Waals surface area contributed by atoms with E-state index in [4.69, 9.17) is 10.5 Å². The minimum absolute atomic E-state index is 0.0943. The lowest BCUT2D eigenvalue weighted by Gasteiger charge is -2.22. The Morgan fingerprint density at radius 1 is 1.33 bits per heavy atom. The van der Waals surface area contributed by atoms with Crippen molar-refractivity contribution >= 4 is 17.7 Å². The van der Waals surface area contributed by atoms with Crippen LogP contribution in [0.25, 0.3) is 0 Å². The van der Waals surface area contributed by atoms with Crippen molar-refractivity contribution in [3.8, 4) is 0 Å². The summed E-state index contributed by atoms with van der Waals surface area (Å²) in [6, 6.07) is 5.58. The number of anilines is 1. The van der Waals surface area contributed by atoms with Crippen LogP contribution >= 0.6 is 0 Å². The number of alkyl carbamates (subject to hydrolysis) is 1. The van der Waals surface area contributed by atoms with Gasteiger partial charge in [-0.1, -0.05) is 6.07 Å². The highest BCUT2D eigenvalue weighted by Gasteiger charge is 2.35. The Balaban J connectivity index is 1.67. The minimum atomic E-state index is -0.579. The number of ether oxygens (including phenoxy) is 1. The topological polar surface area (TPSA) is 84.7 Å². The van der Waals surface area contributed by atoms with E-state index in [-0.39, 0.29) is 11.9 Å². The molecule has 1 aliphatic carbocycles. The largest absolute Gasteiger partial charge is 0.444 e. The smallest absolute Gasteiger partial charge is 0.408 e. The molecule has 0 radical (unpaired) electrons. The van der Waals surface area contributed by atoms with Gasteiger partial charge < -0.3 is 20.7 Å². The van der Waals surface area contributed by atoms with E-state index >= 15 is 0 Å². The van der Waals surface area contributed by atoms with E-state index in [0.717, 1.165) is 18.5 Å². The Bertz CT molecular complexity index is 666.